The number of piperidine rings is 1. The number of nitrogens with zero attached hydrogens (tertiary/aromatic N) is 4. The van der Waals surface area contributed by atoms with Crippen molar-refractivity contribution >= 4 is 22.7 Å². The van der Waals surface area contributed by atoms with Crippen LogP contribution in [0.4, 0.5) is 13.2 Å². The molecule has 1 fully saturated rings. The number of hydrogen-bond donors (Lipinski definition) is 1. The summed E-state index contributed by atoms with van der Waals surface area (Å²) in [5, 5.41) is 7.27. The van der Waals surface area contributed by atoms with Crippen LogP contribution in [0, 0.1) is 19.8 Å². The van der Waals surface area contributed by atoms with E-state index in [0.29, 0.717) is 42.2 Å². The Bertz CT molecular complexity index is 1520. The molecule has 2 aromatic carbocycles. The van der Waals surface area contributed by atoms with E-state index >= 15 is 0 Å². The number of aromatic nitrogens is 3. The monoisotopic (exact) mass is 549 g/mol. The lowest BCUT2D eigenvalue weighted by atomic mass is 9.96. The molecule has 40 heavy (non-hydrogen) atoms. The lowest BCUT2D eigenvalue weighted by molar-refractivity contribution is -0.123. The van der Waals surface area contributed by atoms with Crippen LogP contribution >= 0.6 is 0 Å². The Balaban J connectivity index is 1.18. The van der Waals surface area contributed by atoms with Gasteiger partial charge in [-0.3, -0.25) is 19.3 Å². The summed E-state index contributed by atoms with van der Waals surface area (Å²) in [5.41, 5.74) is 5.05. The van der Waals surface area contributed by atoms with Crippen molar-refractivity contribution < 1.29 is 22.8 Å². The smallest absolute Gasteiger partial charge is 0.343 e. The number of amides is 2. The Morgan fingerprint density at radius 3 is 2.38 bits per heavy atom. The van der Waals surface area contributed by atoms with Gasteiger partial charge >= 0.3 is 6.18 Å². The van der Waals surface area contributed by atoms with Crippen molar-refractivity contribution in [2.45, 2.75) is 39.4 Å². The van der Waals surface area contributed by atoms with Crippen LogP contribution in [-0.4, -0.2) is 57.3 Å². The number of pyridine rings is 1. The van der Waals surface area contributed by atoms with E-state index in [1.807, 2.05) is 70.6 Å². The second-order valence-corrected chi connectivity index (χ2v) is 10.4. The third-order valence-electron chi connectivity index (χ3n) is 7.39. The molecular weight excluding hydrogens is 519 g/mol. The Morgan fingerprint density at radius 2 is 1.73 bits per heavy atom. The molecule has 1 N–H and O–H groups in total. The first kappa shape index (κ1) is 27.4. The van der Waals surface area contributed by atoms with E-state index in [0.717, 1.165) is 35.0 Å². The van der Waals surface area contributed by atoms with Crippen LogP contribution in [0.25, 0.3) is 22.2 Å². The maximum absolute atomic E-state index is 13.1. The average molecular weight is 550 g/mol. The van der Waals surface area contributed by atoms with Gasteiger partial charge in [0.25, 0.3) is 11.8 Å². The lowest BCUT2D eigenvalue weighted by Crippen LogP contribution is -2.39. The van der Waals surface area contributed by atoms with Gasteiger partial charge < -0.3 is 10.2 Å². The summed E-state index contributed by atoms with van der Waals surface area (Å²) in [6.07, 6.45) is 0.856. The van der Waals surface area contributed by atoms with Crippen LogP contribution in [0.2, 0.25) is 0 Å². The fraction of sp³-hybridized carbons (Fsp3) is 0.333. The number of alkyl halides is 3. The Kier molecular flexibility index (Phi) is 7.60. The highest BCUT2D eigenvalue weighted by atomic mass is 19.4. The Labute approximate surface area is 230 Å². The highest BCUT2D eigenvalue weighted by molar-refractivity contribution is 6.00. The van der Waals surface area contributed by atoms with Gasteiger partial charge in [0, 0.05) is 54.1 Å². The van der Waals surface area contributed by atoms with E-state index in [1.54, 1.807) is 13.0 Å². The van der Waals surface area contributed by atoms with Crippen molar-refractivity contribution in [1.82, 2.24) is 25.0 Å². The number of aryl methyl sites for hydroxylation is 2. The van der Waals surface area contributed by atoms with Crippen molar-refractivity contribution in [1.29, 1.82) is 0 Å². The fourth-order valence-corrected chi connectivity index (χ4v) is 5.08. The maximum atomic E-state index is 13.1. The second-order valence-electron chi connectivity index (χ2n) is 10.4. The quantitative estimate of drug-likeness (QED) is 0.342. The van der Waals surface area contributed by atoms with E-state index in [4.69, 9.17) is 0 Å². The first-order valence-electron chi connectivity index (χ1n) is 13.2. The van der Waals surface area contributed by atoms with Gasteiger partial charge in [0.2, 0.25) is 0 Å². The standard InChI is InChI=1S/C30H30F3N5O2/c1-19-3-9-26(34-15-19)22-4-6-23(7-5-22)29(40)37-13-11-21(12-14-37)16-38-17-25-20(2)24(8-10-27(25)36-38)28(39)35-18-30(31,32)33/h3-10,15,17,21H,11-14,16,18H2,1-2H3,(H,35,39). The largest absolute Gasteiger partial charge is 0.405 e. The number of halogens is 3. The van der Waals surface area contributed by atoms with Gasteiger partial charge in [0.15, 0.2) is 0 Å². The highest BCUT2D eigenvalue weighted by Gasteiger charge is 2.28. The first-order valence-corrected chi connectivity index (χ1v) is 13.2. The zero-order chi connectivity index (χ0) is 28.4. The molecule has 0 saturated carbocycles. The lowest BCUT2D eigenvalue weighted by Gasteiger charge is -2.32. The number of carbonyl (C=O) groups excluding carboxylic acids is 2. The van der Waals surface area contributed by atoms with Gasteiger partial charge in [-0.2, -0.15) is 18.3 Å². The molecule has 208 valence electrons. The molecule has 0 atom stereocenters. The molecule has 0 unspecified atom stereocenters. The molecule has 1 aliphatic heterocycles. The average Bonchev–Trinajstić information content (AvgIpc) is 3.35. The zero-order valence-corrected chi connectivity index (χ0v) is 22.3. The van der Waals surface area contributed by atoms with Crippen LogP contribution < -0.4 is 5.32 Å². The maximum Gasteiger partial charge on any atom is 0.405 e. The molecule has 0 radical (unpaired) electrons. The summed E-state index contributed by atoms with van der Waals surface area (Å²) in [5.74, 6) is -0.426. The summed E-state index contributed by atoms with van der Waals surface area (Å²) in [6.45, 7) is 4.28. The zero-order valence-electron chi connectivity index (χ0n) is 22.3. The normalized spacial score (nSPS) is 14.5. The van der Waals surface area contributed by atoms with E-state index in [2.05, 4.69) is 10.1 Å². The van der Waals surface area contributed by atoms with Crippen molar-refractivity contribution in [2.24, 2.45) is 5.92 Å². The van der Waals surface area contributed by atoms with Gasteiger partial charge in [-0.15, -0.1) is 0 Å². The molecule has 4 aromatic rings. The molecule has 7 nitrogen and oxygen atoms in total. The van der Waals surface area contributed by atoms with Crippen LogP contribution in [0.15, 0.2) is 60.9 Å². The first-order chi connectivity index (χ1) is 19.1. The molecule has 2 amide bonds. The van der Waals surface area contributed by atoms with E-state index in [-0.39, 0.29) is 11.5 Å². The third-order valence-corrected chi connectivity index (χ3v) is 7.39. The van der Waals surface area contributed by atoms with Crippen LogP contribution in [-0.2, 0) is 6.54 Å². The SMILES string of the molecule is Cc1ccc(-c2ccc(C(=O)N3CCC(Cn4cc5c(C)c(C(=O)NCC(F)(F)F)ccc5n4)CC3)cc2)nc1. The van der Waals surface area contributed by atoms with Crippen LogP contribution in [0.5, 0.6) is 0 Å². The fourth-order valence-electron chi connectivity index (χ4n) is 5.08. The number of rotatable bonds is 6. The number of benzene rings is 2. The van der Waals surface area contributed by atoms with Gasteiger partial charge in [-0.25, -0.2) is 0 Å². The van der Waals surface area contributed by atoms with Crippen LogP contribution in [0.1, 0.15) is 44.7 Å². The molecule has 1 aliphatic rings. The Morgan fingerprint density at radius 1 is 1.00 bits per heavy atom. The number of likely N-dealkylation sites (tertiary alicyclic amines) is 1. The number of fused-ring (bicyclic) bond motifs is 1. The molecule has 3 heterocycles. The minimum Gasteiger partial charge on any atom is -0.343 e. The Hall–Kier alpha value is -4.21. The molecule has 0 bridgehead atoms. The number of nitrogens with one attached hydrogen (secondary N) is 1. The molecule has 1 saturated heterocycles. The van der Waals surface area contributed by atoms with Crippen molar-refractivity contribution in [3.63, 3.8) is 0 Å². The van der Waals surface area contributed by atoms with Gasteiger partial charge in [0.1, 0.15) is 6.54 Å². The molecule has 5 rings (SSSR count). The highest BCUT2D eigenvalue weighted by Crippen LogP contribution is 2.25. The van der Waals surface area contributed by atoms with Crippen LogP contribution in [0.3, 0.4) is 0 Å². The predicted molar refractivity (Wildman–Crippen MR) is 146 cm³/mol. The van der Waals surface area contributed by atoms with E-state index in [1.165, 1.54) is 6.07 Å². The van der Waals surface area contributed by atoms with Crippen molar-refractivity contribution in [2.75, 3.05) is 19.6 Å². The topological polar surface area (TPSA) is 80.1 Å². The minimum atomic E-state index is -4.47. The molecule has 0 aliphatic carbocycles. The third kappa shape index (κ3) is 6.16. The predicted octanol–water partition coefficient (Wildman–Crippen LogP) is 5.56. The summed E-state index contributed by atoms with van der Waals surface area (Å²) in [6, 6.07) is 14.7. The summed E-state index contributed by atoms with van der Waals surface area (Å²) < 4.78 is 39.3. The van der Waals surface area contributed by atoms with Crippen molar-refractivity contribution in [3.05, 3.63) is 83.2 Å². The molecular formula is C30H30F3N5O2. The summed E-state index contributed by atoms with van der Waals surface area (Å²) in [7, 11) is 0. The van der Waals surface area contributed by atoms with E-state index < -0.39 is 18.6 Å². The minimum absolute atomic E-state index is 0.0126. The van der Waals surface area contributed by atoms with Gasteiger partial charge in [-0.05, 0) is 74.1 Å². The molecule has 10 heteroatoms. The van der Waals surface area contributed by atoms with Gasteiger partial charge in [0.05, 0.1) is 11.2 Å². The molecule has 0 spiro atoms. The van der Waals surface area contributed by atoms with Crippen molar-refractivity contribution in [3.8, 4) is 11.3 Å². The molecule has 2 aromatic heterocycles. The number of hydrogen-bond acceptors (Lipinski definition) is 4. The van der Waals surface area contributed by atoms with Gasteiger partial charge in [-0.1, -0.05) is 18.2 Å². The second kappa shape index (κ2) is 11.1. The summed E-state index contributed by atoms with van der Waals surface area (Å²) in [4.78, 5) is 31.7. The number of carbonyl (C=O) groups is 2. The summed E-state index contributed by atoms with van der Waals surface area (Å²) >= 11 is 0. The van der Waals surface area contributed by atoms with E-state index in [9.17, 15) is 22.8 Å².